The fourth-order valence-corrected chi connectivity index (χ4v) is 4.91. The van der Waals surface area contributed by atoms with E-state index in [9.17, 15) is 14.4 Å². The Morgan fingerprint density at radius 2 is 1.86 bits per heavy atom. The van der Waals surface area contributed by atoms with Gasteiger partial charge >= 0.3 is 0 Å². The van der Waals surface area contributed by atoms with Crippen molar-refractivity contribution in [3.05, 3.63) is 17.5 Å². The number of fused-ring (bicyclic) bond motifs is 1. The molecule has 3 amide bonds. The zero-order valence-electron chi connectivity index (χ0n) is 17.4. The highest BCUT2D eigenvalue weighted by Gasteiger charge is 2.48. The van der Waals surface area contributed by atoms with Crippen molar-refractivity contribution >= 4 is 17.7 Å². The van der Waals surface area contributed by atoms with Gasteiger partial charge in [-0.2, -0.15) is 5.10 Å². The third kappa shape index (κ3) is 3.53. The van der Waals surface area contributed by atoms with Gasteiger partial charge in [0.05, 0.1) is 6.54 Å². The van der Waals surface area contributed by atoms with Crippen molar-refractivity contribution < 1.29 is 14.4 Å². The van der Waals surface area contributed by atoms with Crippen LogP contribution in [0.3, 0.4) is 0 Å². The molecule has 8 heteroatoms. The van der Waals surface area contributed by atoms with Crippen molar-refractivity contribution in [2.75, 3.05) is 19.6 Å². The number of carbonyl (C=O) groups is 3. The quantitative estimate of drug-likeness (QED) is 0.833. The summed E-state index contributed by atoms with van der Waals surface area (Å²) in [7, 11) is 0. The number of likely N-dealkylation sites (N-methyl/N-ethyl adjacent to an activating group) is 1. The number of nitrogens with zero attached hydrogens (tertiary/aromatic N) is 4. The van der Waals surface area contributed by atoms with E-state index in [2.05, 4.69) is 10.4 Å². The molecule has 1 N–H and O–H groups in total. The van der Waals surface area contributed by atoms with Crippen LogP contribution in [0.4, 0.5) is 0 Å². The molecule has 158 valence electrons. The Morgan fingerprint density at radius 1 is 1.17 bits per heavy atom. The summed E-state index contributed by atoms with van der Waals surface area (Å²) in [6.45, 7) is 5.83. The number of hydrogen-bond acceptors (Lipinski definition) is 4. The van der Waals surface area contributed by atoms with Crippen LogP contribution in [0, 0.1) is 0 Å². The highest BCUT2D eigenvalue weighted by Crippen LogP contribution is 2.29. The molecule has 8 nitrogen and oxygen atoms in total. The Balaban J connectivity index is 1.59. The largest absolute Gasteiger partial charge is 0.351 e. The molecule has 1 saturated heterocycles. The molecule has 1 unspecified atom stereocenters. The van der Waals surface area contributed by atoms with E-state index in [0.29, 0.717) is 17.9 Å². The molecular weight excluding hydrogens is 370 g/mol. The fraction of sp³-hybridized carbons (Fsp3) is 0.714. The maximum Gasteiger partial charge on any atom is 0.274 e. The van der Waals surface area contributed by atoms with Gasteiger partial charge in [-0.3, -0.25) is 19.1 Å². The second-order valence-electron chi connectivity index (χ2n) is 8.70. The van der Waals surface area contributed by atoms with E-state index in [1.807, 2.05) is 11.8 Å². The molecular formula is C21H31N5O3. The average molecular weight is 402 g/mol. The first-order valence-corrected chi connectivity index (χ1v) is 10.9. The molecule has 0 aromatic carbocycles. The summed E-state index contributed by atoms with van der Waals surface area (Å²) in [4.78, 5) is 42.6. The normalized spacial score (nSPS) is 25.2. The number of piperidine rings is 1. The summed E-state index contributed by atoms with van der Waals surface area (Å²) in [6.07, 6.45) is 7.38. The third-order valence-corrected chi connectivity index (χ3v) is 6.66. The molecule has 3 heterocycles. The SMILES string of the molecule is CCN1C(=O)c2cc(C(=O)N3CCCCC3)nn2CC1(C)C(=O)NC1CCCC1. The summed E-state index contributed by atoms with van der Waals surface area (Å²) < 4.78 is 1.56. The first-order valence-electron chi connectivity index (χ1n) is 10.9. The van der Waals surface area contributed by atoms with Crippen LogP contribution in [-0.2, 0) is 11.3 Å². The average Bonchev–Trinajstić information content (AvgIpc) is 3.38. The van der Waals surface area contributed by atoms with Gasteiger partial charge in [0, 0.05) is 31.7 Å². The second-order valence-corrected chi connectivity index (χ2v) is 8.70. The van der Waals surface area contributed by atoms with E-state index >= 15 is 0 Å². The van der Waals surface area contributed by atoms with Gasteiger partial charge in [0.2, 0.25) is 5.91 Å². The van der Waals surface area contributed by atoms with Gasteiger partial charge in [-0.25, -0.2) is 0 Å². The topological polar surface area (TPSA) is 87.5 Å². The van der Waals surface area contributed by atoms with Crippen LogP contribution in [0.15, 0.2) is 6.07 Å². The smallest absolute Gasteiger partial charge is 0.274 e. The van der Waals surface area contributed by atoms with Gasteiger partial charge in [0.15, 0.2) is 5.69 Å². The van der Waals surface area contributed by atoms with Gasteiger partial charge in [-0.1, -0.05) is 12.8 Å². The molecule has 0 radical (unpaired) electrons. The minimum Gasteiger partial charge on any atom is -0.351 e. The van der Waals surface area contributed by atoms with Crippen molar-refractivity contribution in [3.8, 4) is 0 Å². The zero-order valence-corrected chi connectivity index (χ0v) is 17.4. The lowest BCUT2D eigenvalue weighted by Crippen LogP contribution is -2.64. The molecule has 1 aromatic heterocycles. The summed E-state index contributed by atoms with van der Waals surface area (Å²) in [6, 6.07) is 1.78. The zero-order chi connectivity index (χ0) is 20.6. The van der Waals surface area contributed by atoms with Gasteiger partial charge in [0.1, 0.15) is 11.2 Å². The number of amides is 3. The lowest BCUT2D eigenvalue weighted by Gasteiger charge is -2.43. The van der Waals surface area contributed by atoms with Gasteiger partial charge in [-0.05, 0) is 46.0 Å². The summed E-state index contributed by atoms with van der Waals surface area (Å²) in [5, 5.41) is 7.59. The van der Waals surface area contributed by atoms with E-state index < -0.39 is 5.54 Å². The Kier molecular flexibility index (Phi) is 5.36. The predicted octanol–water partition coefficient (Wildman–Crippen LogP) is 1.80. The second kappa shape index (κ2) is 7.80. The molecule has 4 rings (SSSR count). The molecule has 1 atom stereocenters. The van der Waals surface area contributed by atoms with Gasteiger partial charge in [-0.15, -0.1) is 0 Å². The Labute approximate surface area is 171 Å². The fourth-order valence-electron chi connectivity index (χ4n) is 4.91. The summed E-state index contributed by atoms with van der Waals surface area (Å²) >= 11 is 0. The summed E-state index contributed by atoms with van der Waals surface area (Å²) in [5.74, 6) is -0.503. The lowest BCUT2D eigenvalue weighted by atomic mass is 9.94. The van der Waals surface area contributed by atoms with Crippen LogP contribution in [0.5, 0.6) is 0 Å². The number of carbonyl (C=O) groups excluding carboxylic acids is 3. The van der Waals surface area contributed by atoms with Crippen LogP contribution in [0.1, 0.15) is 79.8 Å². The van der Waals surface area contributed by atoms with Crippen molar-refractivity contribution in [1.82, 2.24) is 24.9 Å². The molecule has 0 bridgehead atoms. The van der Waals surface area contributed by atoms with Crippen LogP contribution in [0.2, 0.25) is 0 Å². The molecule has 2 aliphatic heterocycles. The first kappa shape index (κ1) is 19.9. The molecule has 3 aliphatic rings. The maximum absolute atomic E-state index is 13.2. The minimum absolute atomic E-state index is 0.125. The molecule has 0 spiro atoms. The molecule has 29 heavy (non-hydrogen) atoms. The third-order valence-electron chi connectivity index (χ3n) is 6.66. The van der Waals surface area contributed by atoms with E-state index in [1.165, 1.54) is 0 Å². The predicted molar refractivity (Wildman–Crippen MR) is 107 cm³/mol. The van der Waals surface area contributed by atoms with Crippen LogP contribution >= 0.6 is 0 Å². The Hall–Kier alpha value is -2.38. The number of nitrogens with one attached hydrogen (secondary N) is 1. The van der Waals surface area contributed by atoms with Crippen molar-refractivity contribution in [3.63, 3.8) is 0 Å². The number of hydrogen-bond donors (Lipinski definition) is 1. The molecule has 1 saturated carbocycles. The molecule has 1 aliphatic carbocycles. The monoisotopic (exact) mass is 401 g/mol. The first-order chi connectivity index (χ1) is 13.9. The van der Waals surface area contributed by atoms with Crippen LogP contribution in [0.25, 0.3) is 0 Å². The van der Waals surface area contributed by atoms with E-state index in [-0.39, 0.29) is 30.3 Å². The molecule has 2 fully saturated rings. The summed E-state index contributed by atoms with van der Waals surface area (Å²) in [5.41, 5.74) is -0.330. The van der Waals surface area contributed by atoms with E-state index in [0.717, 1.165) is 58.0 Å². The number of aromatic nitrogens is 2. The van der Waals surface area contributed by atoms with Crippen molar-refractivity contribution in [2.45, 2.75) is 76.9 Å². The Morgan fingerprint density at radius 3 is 2.52 bits per heavy atom. The highest BCUT2D eigenvalue weighted by molar-refractivity contribution is 6.02. The maximum atomic E-state index is 13.2. The van der Waals surface area contributed by atoms with Crippen LogP contribution < -0.4 is 5.32 Å². The van der Waals surface area contributed by atoms with E-state index in [1.54, 1.807) is 22.6 Å². The van der Waals surface area contributed by atoms with E-state index in [4.69, 9.17) is 0 Å². The lowest BCUT2D eigenvalue weighted by molar-refractivity contribution is -0.133. The van der Waals surface area contributed by atoms with Gasteiger partial charge < -0.3 is 15.1 Å². The standard InChI is InChI=1S/C21H31N5O3/c1-3-25-19(28)17-13-16(18(27)24-11-7-4-8-12-24)23-26(17)14-21(25,2)20(29)22-15-9-5-6-10-15/h13,15H,3-12,14H2,1-2H3,(H,22,29). The minimum atomic E-state index is -1.01. The number of rotatable bonds is 4. The highest BCUT2D eigenvalue weighted by atomic mass is 16.2. The van der Waals surface area contributed by atoms with Crippen LogP contribution in [-0.4, -0.2) is 68.5 Å². The molecule has 1 aromatic rings. The van der Waals surface area contributed by atoms with Crippen molar-refractivity contribution in [1.29, 1.82) is 0 Å². The van der Waals surface area contributed by atoms with Gasteiger partial charge in [0.25, 0.3) is 11.8 Å². The van der Waals surface area contributed by atoms with Crippen molar-refractivity contribution in [2.24, 2.45) is 0 Å². The number of likely N-dealkylation sites (tertiary alicyclic amines) is 1. The Bertz CT molecular complexity index is 807.